The van der Waals surface area contributed by atoms with E-state index in [1.165, 1.54) is 18.2 Å². The molecule has 0 radical (unpaired) electrons. The monoisotopic (exact) mass is 362 g/mol. The topological polar surface area (TPSA) is 58.2 Å². The molecule has 0 saturated heterocycles. The number of hydrogen-bond acceptors (Lipinski definition) is 2. The Labute approximate surface area is 151 Å². The molecular formula is C19H20ClFN2O2. The summed E-state index contributed by atoms with van der Waals surface area (Å²) in [6, 6.07) is 12.4. The predicted octanol–water partition coefficient (Wildman–Crippen LogP) is 3.80. The summed E-state index contributed by atoms with van der Waals surface area (Å²) in [7, 11) is 0. The van der Waals surface area contributed by atoms with E-state index < -0.39 is 17.8 Å². The van der Waals surface area contributed by atoms with Crippen LogP contribution in [0.1, 0.15) is 19.4 Å². The first-order valence-electron chi connectivity index (χ1n) is 7.97. The Morgan fingerprint density at radius 1 is 1.04 bits per heavy atom. The minimum Gasteiger partial charge on any atom is -0.344 e. The minimum atomic E-state index is -0.778. The minimum absolute atomic E-state index is 0.0859. The zero-order valence-electron chi connectivity index (χ0n) is 14.1. The SMILES string of the molecule is CC(Cc1ccc(Cl)cc1)C(=O)NC(C)C(=O)Nc1ccccc1F. The van der Waals surface area contributed by atoms with Crippen molar-refractivity contribution in [1.29, 1.82) is 0 Å². The molecule has 6 heteroatoms. The van der Waals surface area contributed by atoms with E-state index in [1.807, 2.05) is 12.1 Å². The molecule has 2 unspecified atom stereocenters. The third kappa shape index (κ3) is 5.57. The average molecular weight is 363 g/mol. The Hall–Kier alpha value is -2.40. The number of halogens is 2. The number of para-hydroxylation sites is 1. The van der Waals surface area contributed by atoms with E-state index in [4.69, 9.17) is 11.6 Å². The molecule has 2 aromatic carbocycles. The molecule has 0 heterocycles. The van der Waals surface area contributed by atoms with Crippen molar-refractivity contribution >= 4 is 29.1 Å². The smallest absolute Gasteiger partial charge is 0.246 e. The van der Waals surface area contributed by atoms with E-state index in [2.05, 4.69) is 10.6 Å². The van der Waals surface area contributed by atoms with Crippen LogP contribution in [0.15, 0.2) is 48.5 Å². The lowest BCUT2D eigenvalue weighted by Gasteiger charge is -2.17. The van der Waals surface area contributed by atoms with Gasteiger partial charge in [0.15, 0.2) is 0 Å². The molecule has 0 spiro atoms. The second-order valence-corrected chi connectivity index (χ2v) is 6.37. The van der Waals surface area contributed by atoms with Crippen LogP contribution in [0.5, 0.6) is 0 Å². The standard InChI is InChI=1S/C19H20ClFN2O2/c1-12(11-14-7-9-15(20)10-8-14)18(24)22-13(2)19(25)23-17-6-4-3-5-16(17)21/h3-10,12-13H,11H2,1-2H3,(H,22,24)(H,23,25). The molecule has 132 valence electrons. The van der Waals surface area contributed by atoms with Crippen molar-refractivity contribution in [1.82, 2.24) is 5.32 Å². The molecule has 0 saturated carbocycles. The van der Waals surface area contributed by atoms with Crippen molar-refractivity contribution in [3.63, 3.8) is 0 Å². The molecule has 2 atom stereocenters. The van der Waals surface area contributed by atoms with Gasteiger partial charge in [0.1, 0.15) is 11.9 Å². The lowest BCUT2D eigenvalue weighted by atomic mass is 10.00. The zero-order valence-corrected chi connectivity index (χ0v) is 14.8. The van der Waals surface area contributed by atoms with Crippen LogP contribution in [0.4, 0.5) is 10.1 Å². The summed E-state index contributed by atoms with van der Waals surface area (Å²) in [5, 5.41) is 5.76. The molecule has 2 rings (SSSR count). The number of amides is 2. The molecule has 2 aromatic rings. The summed E-state index contributed by atoms with van der Waals surface area (Å²) < 4.78 is 13.6. The number of carbonyl (C=O) groups excluding carboxylic acids is 2. The van der Waals surface area contributed by atoms with Gasteiger partial charge in [-0.15, -0.1) is 0 Å². The van der Waals surface area contributed by atoms with Crippen molar-refractivity contribution in [3.8, 4) is 0 Å². The van der Waals surface area contributed by atoms with Gasteiger partial charge in [-0.05, 0) is 43.2 Å². The number of nitrogens with one attached hydrogen (secondary N) is 2. The highest BCUT2D eigenvalue weighted by molar-refractivity contribution is 6.30. The van der Waals surface area contributed by atoms with E-state index in [0.29, 0.717) is 11.4 Å². The number of anilines is 1. The Morgan fingerprint density at radius 2 is 1.68 bits per heavy atom. The van der Waals surface area contributed by atoms with Crippen LogP contribution in [0.2, 0.25) is 5.02 Å². The highest BCUT2D eigenvalue weighted by Crippen LogP contribution is 2.14. The first kappa shape index (κ1) is 18.9. The highest BCUT2D eigenvalue weighted by atomic mass is 35.5. The molecule has 0 aliphatic rings. The third-order valence-corrected chi connectivity index (χ3v) is 4.04. The molecule has 0 aromatic heterocycles. The fourth-order valence-electron chi connectivity index (χ4n) is 2.29. The Balaban J connectivity index is 1.89. The summed E-state index contributed by atoms with van der Waals surface area (Å²) in [4.78, 5) is 24.4. The van der Waals surface area contributed by atoms with Gasteiger partial charge in [0.05, 0.1) is 5.69 Å². The van der Waals surface area contributed by atoms with Crippen molar-refractivity contribution in [2.24, 2.45) is 5.92 Å². The number of hydrogen-bond donors (Lipinski definition) is 2. The Bertz CT molecular complexity index is 749. The summed E-state index contributed by atoms with van der Waals surface area (Å²) in [5.41, 5.74) is 1.07. The van der Waals surface area contributed by atoms with Gasteiger partial charge in [-0.25, -0.2) is 4.39 Å². The Kier molecular flexibility index (Phi) is 6.53. The van der Waals surface area contributed by atoms with Crippen LogP contribution in [0.3, 0.4) is 0 Å². The van der Waals surface area contributed by atoms with Gasteiger partial charge in [-0.3, -0.25) is 9.59 Å². The van der Waals surface area contributed by atoms with E-state index >= 15 is 0 Å². The van der Waals surface area contributed by atoms with Gasteiger partial charge in [0.25, 0.3) is 0 Å². The van der Waals surface area contributed by atoms with Gasteiger partial charge in [0.2, 0.25) is 11.8 Å². The molecule has 25 heavy (non-hydrogen) atoms. The fraction of sp³-hybridized carbons (Fsp3) is 0.263. The van der Waals surface area contributed by atoms with Crippen LogP contribution in [-0.2, 0) is 16.0 Å². The molecule has 0 aliphatic heterocycles. The highest BCUT2D eigenvalue weighted by Gasteiger charge is 2.20. The molecule has 4 nitrogen and oxygen atoms in total. The van der Waals surface area contributed by atoms with Crippen LogP contribution < -0.4 is 10.6 Å². The number of rotatable bonds is 6. The van der Waals surface area contributed by atoms with Crippen LogP contribution in [-0.4, -0.2) is 17.9 Å². The van der Waals surface area contributed by atoms with Crippen molar-refractivity contribution in [3.05, 3.63) is 64.9 Å². The molecule has 2 amide bonds. The van der Waals surface area contributed by atoms with Crippen LogP contribution in [0, 0.1) is 11.7 Å². The maximum atomic E-state index is 13.6. The third-order valence-electron chi connectivity index (χ3n) is 3.79. The average Bonchev–Trinajstić information content (AvgIpc) is 2.58. The van der Waals surface area contributed by atoms with Crippen molar-refractivity contribution < 1.29 is 14.0 Å². The molecular weight excluding hydrogens is 343 g/mol. The zero-order chi connectivity index (χ0) is 18.4. The summed E-state index contributed by atoms with van der Waals surface area (Å²) >= 11 is 5.84. The van der Waals surface area contributed by atoms with Gasteiger partial charge in [-0.2, -0.15) is 0 Å². The maximum Gasteiger partial charge on any atom is 0.246 e. The molecule has 0 bridgehead atoms. The fourth-order valence-corrected chi connectivity index (χ4v) is 2.42. The van der Waals surface area contributed by atoms with Gasteiger partial charge in [-0.1, -0.05) is 42.8 Å². The summed E-state index contributed by atoms with van der Waals surface area (Å²) in [6.07, 6.45) is 0.532. The first-order chi connectivity index (χ1) is 11.9. The lowest BCUT2D eigenvalue weighted by molar-refractivity contribution is -0.128. The second kappa shape index (κ2) is 8.62. The lowest BCUT2D eigenvalue weighted by Crippen LogP contribution is -2.44. The number of carbonyl (C=O) groups is 2. The summed E-state index contributed by atoms with van der Waals surface area (Å²) in [5.74, 6) is -1.56. The van der Waals surface area contributed by atoms with E-state index in [0.717, 1.165) is 5.56 Å². The normalized spacial score (nSPS) is 13.0. The quantitative estimate of drug-likeness (QED) is 0.821. The van der Waals surface area contributed by atoms with E-state index in [-0.39, 0.29) is 17.5 Å². The van der Waals surface area contributed by atoms with E-state index in [9.17, 15) is 14.0 Å². The van der Waals surface area contributed by atoms with Crippen molar-refractivity contribution in [2.75, 3.05) is 5.32 Å². The maximum absolute atomic E-state index is 13.6. The van der Waals surface area contributed by atoms with Gasteiger partial charge in [0, 0.05) is 10.9 Å². The largest absolute Gasteiger partial charge is 0.344 e. The van der Waals surface area contributed by atoms with Crippen LogP contribution >= 0.6 is 11.6 Å². The molecule has 0 fully saturated rings. The van der Waals surface area contributed by atoms with Crippen LogP contribution in [0.25, 0.3) is 0 Å². The van der Waals surface area contributed by atoms with E-state index in [1.54, 1.807) is 32.0 Å². The predicted molar refractivity (Wildman–Crippen MR) is 97.0 cm³/mol. The second-order valence-electron chi connectivity index (χ2n) is 5.93. The van der Waals surface area contributed by atoms with Gasteiger partial charge >= 0.3 is 0 Å². The number of benzene rings is 2. The molecule has 2 N–H and O–H groups in total. The first-order valence-corrected chi connectivity index (χ1v) is 8.35. The molecule has 0 aliphatic carbocycles. The van der Waals surface area contributed by atoms with Gasteiger partial charge < -0.3 is 10.6 Å². The summed E-state index contributed by atoms with van der Waals surface area (Å²) in [6.45, 7) is 3.34. The Morgan fingerprint density at radius 3 is 2.32 bits per heavy atom. The van der Waals surface area contributed by atoms with Crippen molar-refractivity contribution in [2.45, 2.75) is 26.3 Å².